The Kier molecular flexibility index (Phi) is 5.80. The summed E-state index contributed by atoms with van der Waals surface area (Å²) in [5.41, 5.74) is 1.59. The molecule has 134 valence electrons. The predicted molar refractivity (Wildman–Crippen MR) is 104 cm³/mol. The van der Waals surface area contributed by atoms with Crippen LogP contribution >= 0.6 is 23.4 Å². The van der Waals surface area contributed by atoms with Crippen LogP contribution in [-0.4, -0.2) is 33.5 Å². The number of rotatable bonds is 6. The Bertz CT molecular complexity index is 912. The molecule has 0 aliphatic carbocycles. The molecule has 0 radical (unpaired) electrons. The summed E-state index contributed by atoms with van der Waals surface area (Å²) < 4.78 is 7.02. The van der Waals surface area contributed by atoms with Crippen LogP contribution in [0.25, 0.3) is 11.4 Å². The van der Waals surface area contributed by atoms with E-state index in [2.05, 4.69) is 15.5 Å². The number of ether oxygens (including phenoxy) is 1. The minimum Gasteiger partial charge on any atom is -0.497 e. The molecule has 0 aliphatic rings. The van der Waals surface area contributed by atoms with Gasteiger partial charge in [-0.05, 0) is 42.5 Å². The fourth-order valence-electron chi connectivity index (χ4n) is 2.33. The Labute approximate surface area is 160 Å². The molecule has 3 rings (SSSR count). The molecule has 1 aromatic heterocycles. The SMILES string of the molecule is COc1ccc(-c2nnc(SCC(=O)Nc3cccc(Cl)c3)n2C)cc1. The number of hydrogen-bond donors (Lipinski definition) is 1. The van der Waals surface area contributed by atoms with E-state index in [0.29, 0.717) is 15.9 Å². The number of aromatic nitrogens is 3. The third-order valence-electron chi connectivity index (χ3n) is 3.62. The van der Waals surface area contributed by atoms with Gasteiger partial charge in [-0.3, -0.25) is 4.79 Å². The minimum atomic E-state index is -0.133. The molecule has 0 bridgehead atoms. The van der Waals surface area contributed by atoms with Crippen LogP contribution in [0.2, 0.25) is 5.02 Å². The number of thioether (sulfide) groups is 1. The molecule has 26 heavy (non-hydrogen) atoms. The van der Waals surface area contributed by atoms with E-state index in [9.17, 15) is 4.79 Å². The molecule has 6 nitrogen and oxygen atoms in total. The molecule has 2 aromatic carbocycles. The van der Waals surface area contributed by atoms with Crippen molar-refractivity contribution in [2.24, 2.45) is 7.05 Å². The molecule has 1 heterocycles. The number of hydrogen-bond acceptors (Lipinski definition) is 5. The lowest BCUT2D eigenvalue weighted by molar-refractivity contribution is -0.113. The number of carbonyl (C=O) groups is 1. The van der Waals surface area contributed by atoms with Gasteiger partial charge in [-0.2, -0.15) is 0 Å². The first-order valence-corrected chi connectivity index (χ1v) is 9.15. The van der Waals surface area contributed by atoms with Crippen LogP contribution in [0, 0.1) is 0 Å². The molecule has 0 saturated heterocycles. The number of halogens is 1. The molecular weight excluding hydrogens is 372 g/mol. The van der Waals surface area contributed by atoms with Crippen molar-refractivity contribution in [2.75, 3.05) is 18.2 Å². The minimum absolute atomic E-state index is 0.133. The van der Waals surface area contributed by atoms with Crippen LogP contribution in [-0.2, 0) is 11.8 Å². The zero-order valence-electron chi connectivity index (χ0n) is 14.3. The highest BCUT2D eigenvalue weighted by atomic mass is 35.5. The lowest BCUT2D eigenvalue weighted by atomic mass is 10.2. The van der Waals surface area contributed by atoms with Crippen molar-refractivity contribution in [2.45, 2.75) is 5.16 Å². The second-order valence-electron chi connectivity index (χ2n) is 5.44. The van der Waals surface area contributed by atoms with Crippen molar-refractivity contribution in [1.29, 1.82) is 0 Å². The second kappa shape index (κ2) is 8.25. The third kappa shape index (κ3) is 4.36. The molecule has 0 spiro atoms. The number of carbonyl (C=O) groups excluding carboxylic acids is 1. The van der Waals surface area contributed by atoms with E-state index in [1.807, 2.05) is 35.9 Å². The van der Waals surface area contributed by atoms with E-state index in [-0.39, 0.29) is 11.7 Å². The van der Waals surface area contributed by atoms with Crippen molar-refractivity contribution in [3.05, 3.63) is 53.6 Å². The van der Waals surface area contributed by atoms with Gasteiger partial charge in [0.2, 0.25) is 5.91 Å². The zero-order valence-corrected chi connectivity index (χ0v) is 15.8. The first-order valence-electron chi connectivity index (χ1n) is 7.79. The Balaban J connectivity index is 1.63. The highest BCUT2D eigenvalue weighted by Gasteiger charge is 2.13. The molecule has 0 saturated carbocycles. The highest BCUT2D eigenvalue weighted by Crippen LogP contribution is 2.24. The summed E-state index contributed by atoms with van der Waals surface area (Å²) >= 11 is 7.24. The monoisotopic (exact) mass is 388 g/mol. The molecular formula is C18H17ClN4O2S. The average molecular weight is 389 g/mol. The lowest BCUT2D eigenvalue weighted by Crippen LogP contribution is -2.14. The molecule has 0 unspecified atom stereocenters. The van der Waals surface area contributed by atoms with Gasteiger partial charge < -0.3 is 14.6 Å². The van der Waals surface area contributed by atoms with Gasteiger partial charge >= 0.3 is 0 Å². The van der Waals surface area contributed by atoms with Crippen molar-refractivity contribution in [3.8, 4) is 17.1 Å². The van der Waals surface area contributed by atoms with Gasteiger partial charge in [0, 0.05) is 23.3 Å². The normalized spacial score (nSPS) is 10.6. The largest absolute Gasteiger partial charge is 0.497 e. The predicted octanol–water partition coefficient (Wildman–Crippen LogP) is 3.87. The summed E-state index contributed by atoms with van der Waals surface area (Å²) in [6, 6.07) is 14.6. The van der Waals surface area contributed by atoms with E-state index in [1.54, 1.807) is 31.4 Å². The molecule has 8 heteroatoms. The van der Waals surface area contributed by atoms with E-state index < -0.39 is 0 Å². The number of benzene rings is 2. The third-order valence-corrected chi connectivity index (χ3v) is 4.88. The molecule has 1 N–H and O–H groups in total. The van der Waals surface area contributed by atoms with E-state index in [4.69, 9.17) is 16.3 Å². The van der Waals surface area contributed by atoms with Crippen molar-refractivity contribution < 1.29 is 9.53 Å². The summed E-state index contributed by atoms with van der Waals surface area (Å²) in [7, 11) is 3.50. The van der Waals surface area contributed by atoms with Crippen LogP contribution in [0.1, 0.15) is 0 Å². The fourth-order valence-corrected chi connectivity index (χ4v) is 3.23. The number of nitrogens with one attached hydrogen (secondary N) is 1. The molecule has 1 amide bonds. The summed E-state index contributed by atoms with van der Waals surface area (Å²) in [4.78, 5) is 12.1. The summed E-state index contributed by atoms with van der Waals surface area (Å²) in [6.07, 6.45) is 0. The van der Waals surface area contributed by atoms with Crippen molar-refractivity contribution >= 4 is 35.0 Å². The van der Waals surface area contributed by atoms with E-state index in [1.165, 1.54) is 11.8 Å². The zero-order chi connectivity index (χ0) is 18.5. The van der Waals surface area contributed by atoms with Gasteiger partial charge in [0.25, 0.3) is 0 Å². The Morgan fingerprint density at radius 3 is 2.69 bits per heavy atom. The van der Waals surface area contributed by atoms with Gasteiger partial charge in [0.1, 0.15) is 5.75 Å². The second-order valence-corrected chi connectivity index (χ2v) is 6.82. The van der Waals surface area contributed by atoms with Crippen molar-refractivity contribution in [1.82, 2.24) is 14.8 Å². The maximum atomic E-state index is 12.1. The van der Waals surface area contributed by atoms with Gasteiger partial charge in [0.15, 0.2) is 11.0 Å². The number of anilines is 1. The molecule has 3 aromatic rings. The highest BCUT2D eigenvalue weighted by molar-refractivity contribution is 7.99. The van der Waals surface area contributed by atoms with Crippen LogP contribution in [0.3, 0.4) is 0 Å². The number of amides is 1. The number of methoxy groups -OCH3 is 1. The fraction of sp³-hybridized carbons (Fsp3) is 0.167. The maximum Gasteiger partial charge on any atom is 0.234 e. The van der Waals surface area contributed by atoms with E-state index >= 15 is 0 Å². The summed E-state index contributed by atoms with van der Waals surface area (Å²) in [5, 5.41) is 12.4. The molecule has 0 aliphatic heterocycles. The van der Waals surface area contributed by atoms with Crippen LogP contribution in [0.15, 0.2) is 53.7 Å². The quantitative estimate of drug-likeness (QED) is 0.649. The summed E-state index contributed by atoms with van der Waals surface area (Å²) in [6.45, 7) is 0. The maximum absolute atomic E-state index is 12.1. The average Bonchev–Trinajstić information content (AvgIpc) is 3.01. The lowest BCUT2D eigenvalue weighted by Gasteiger charge is -2.06. The smallest absolute Gasteiger partial charge is 0.234 e. The summed E-state index contributed by atoms with van der Waals surface area (Å²) in [5.74, 6) is 1.60. The van der Waals surface area contributed by atoms with Crippen LogP contribution in [0.4, 0.5) is 5.69 Å². The first kappa shape index (κ1) is 18.3. The van der Waals surface area contributed by atoms with Crippen molar-refractivity contribution in [3.63, 3.8) is 0 Å². The van der Waals surface area contributed by atoms with Crippen LogP contribution < -0.4 is 10.1 Å². The van der Waals surface area contributed by atoms with Gasteiger partial charge in [0.05, 0.1) is 12.9 Å². The Hall–Kier alpha value is -2.51. The van der Waals surface area contributed by atoms with Gasteiger partial charge in [-0.15, -0.1) is 10.2 Å². The Morgan fingerprint density at radius 1 is 1.23 bits per heavy atom. The molecule has 0 atom stereocenters. The standard InChI is InChI=1S/C18H17ClN4O2S/c1-23-17(12-6-8-15(25-2)9-7-12)21-22-18(23)26-11-16(24)20-14-5-3-4-13(19)10-14/h3-10H,11H2,1-2H3,(H,20,24). The first-order chi connectivity index (χ1) is 12.6. The topological polar surface area (TPSA) is 69.0 Å². The van der Waals surface area contributed by atoms with Gasteiger partial charge in [-0.25, -0.2) is 0 Å². The van der Waals surface area contributed by atoms with Gasteiger partial charge in [-0.1, -0.05) is 29.4 Å². The number of nitrogens with zero attached hydrogens (tertiary/aromatic N) is 3. The van der Waals surface area contributed by atoms with E-state index in [0.717, 1.165) is 17.1 Å². The van der Waals surface area contributed by atoms with Crippen LogP contribution in [0.5, 0.6) is 5.75 Å². The molecule has 0 fully saturated rings. The Morgan fingerprint density at radius 2 is 2.00 bits per heavy atom.